The van der Waals surface area contributed by atoms with Crippen molar-refractivity contribution in [2.24, 2.45) is 0 Å². The van der Waals surface area contributed by atoms with Gasteiger partial charge in [0, 0.05) is 19.5 Å². The second-order valence-electron chi connectivity index (χ2n) is 5.39. The van der Waals surface area contributed by atoms with Crippen molar-refractivity contribution in [3.05, 3.63) is 48.1 Å². The summed E-state index contributed by atoms with van der Waals surface area (Å²) < 4.78 is 0. The van der Waals surface area contributed by atoms with Crippen LogP contribution in [0.4, 0.5) is 5.95 Å². The average molecular weight is 383 g/mol. The molecule has 0 aromatic carbocycles. The number of fused-ring (bicyclic) bond motifs is 1. The van der Waals surface area contributed by atoms with E-state index in [-0.39, 0.29) is 5.95 Å². The van der Waals surface area contributed by atoms with E-state index >= 15 is 0 Å². The summed E-state index contributed by atoms with van der Waals surface area (Å²) in [5.41, 5.74) is 8.26. The smallest absolute Gasteiger partial charge is 0.305 e. The molecule has 0 aliphatic rings. The lowest BCUT2D eigenvalue weighted by Crippen LogP contribution is -2.03. The molecule has 0 amide bonds. The Morgan fingerprint density at radius 1 is 0.880 bits per heavy atom. The summed E-state index contributed by atoms with van der Waals surface area (Å²) in [7, 11) is 0. The molecule has 0 atom stereocenters. The van der Waals surface area contributed by atoms with Crippen LogP contribution in [0.5, 0.6) is 0 Å². The molecule has 5 aromatic heterocycles. The van der Waals surface area contributed by atoms with Crippen molar-refractivity contribution in [1.29, 1.82) is 0 Å². The quantitative estimate of drug-likeness (QED) is 0.481. The molecule has 0 aliphatic heterocycles. The Kier molecular flexibility index (Phi) is 3.40. The molecule has 5 rings (SSSR count). The molecule has 4 N–H and O–H groups in total. The van der Waals surface area contributed by atoms with Gasteiger partial charge in [0.2, 0.25) is 5.52 Å². The third-order valence-electron chi connectivity index (χ3n) is 3.80. The summed E-state index contributed by atoms with van der Waals surface area (Å²) in [4.78, 5) is 21.0. The zero-order valence-electron chi connectivity index (χ0n) is 12.8. The van der Waals surface area contributed by atoms with E-state index in [9.17, 15) is 0 Å². The highest BCUT2D eigenvalue weighted by Gasteiger charge is 2.18. The molecule has 8 heteroatoms. The molecule has 0 fully saturated rings. The molecule has 5 aromatic rings. The topological polar surface area (TPSA) is 81.7 Å². The number of hydrogen-bond donors (Lipinski definition) is 2. The Morgan fingerprint density at radius 3 is 2.36 bits per heavy atom. The van der Waals surface area contributed by atoms with Gasteiger partial charge in [0.05, 0.1) is 4.88 Å². The minimum absolute atomic E-state index is 0.268. The second-order valence-corrected chi connectivity index (χ2v) is 8.51. The van der Waals surface area contributed by atoms with Crippen LogP contribution in [0.3, 0.4) is 0 Å². The monoisotopic (exact) mass is 382 g/mol. The summed E-state index contributed by atoms with van der Waals surface area (Å²) in [5, 5.41) is 2.11. The van der Waals surface area contributed by atoms with E-state index in [0.29, 0.717) is 5.65 Å². The molecule has 0 saturated heterocycles. The minimum Gasteiger partial charge on any atom is -0.354 e. The Hall–Kier alpha value is -2.55. The summed E-state index contributed by atoms with van der Waals surface area (Å²) in [6, 6.07) is 12.8. The van der Waals surface area contributed by atoms with E-state index in [4.69, 9.17) is 5.73 Å². The average Bonchev–Trinajstić information content (AvgIpc) is 3.39. The summed E-state index contributed by atoms with van der Waals surface area (Å²) in [6.07, 6.45) is 1.74. The van der Waals surface area contributed by atoms with Gasteiger partial charge in [-0.1, -0.05) is 11.1 Å². The largest absolute Gasteiger partial charge is 0.354 e. The van der Waals surface area contributed by atoms with Crippen molar-refractivity contribution in [1.82, 2.24) is 15.0 Å². The first-order chi connectivity index (χ1) is 12.3. The van der Waals surface area contributed by atoms with Crippen LogP contribution >= 0.6 is 34.0 Å². The number of aromatic amines is 2. The van der Waals surface area contributed by atoms with Crippen molar-refractivity contribution in [3.63, 3.8) is 0 Å². The Bertz CT molecular complexity index is 1170. The van der Waals surface area contributed by atoms with Crippen LogP contribution in [0, 0.1) is 0 Å². The first-order valence-corrected chi connectivity index (χ1v) is 10.1. The zero-order valence-corrected chi connectivity index (χ0v) is 15.3. The highest BCUT2D eigenvalue weighted by Crippen LogP contribution is 2.41. The van der Waals surface area contributed by atoms with Crippen molar-refractivity contribution in [3.8, 4) is 30.1 Å². The van der Waals surface area contributed by atoms with Gasteiger partial charge < -0.3 is 5.73 Å². The zero-order chi connectivity index (χ0) is 16.8. The number of aromatic nitrogens is 4. The van der Waals surface area contributed by atoms with Crippen LogP contribution in [0.25, 0.3) is 41.2 Å². The SMILES string of the molecule is Nc1nc(-c2ccc(-c3ccc(-c4cccs4)s3)s2)c2[nH]c[nH+]c2n1. The lowest BCUT2D eigenvalue weighted by atomic mass is 10.3. The van der Waals surface area contributed by atoms with Crippen LogP contribution in [0.15, 0.2) is 48.1 Å². The van der Waals surface area contributed by atoms with Crippen molar-refractivity contribution in [2.45, 2.75) is 0 Å². The Balaban J connectivity index is 1.56. The summed E-state index contributed by atoms with van der Waals surface area (Å²) in [6.45, 7) is 0. The first-order valence-electron chi connectivity index (χ1n) is 7.54. The van der Waals surface area contributed by atoms with Gasteiger partial charge in [0.25, 0.3) is 5.95 Å². The van der Waals surface area contributed by atoms with E-state index in [1.165, 1.54) is 19.5 Å². The molecular formula is C17H12N5S3+. The van der Waals surface area contributed by atoms with Gasteiger partial charge >= 0.3 is 5.65 Å². The standard InChI is InChI=1S/C17H11N5S3/c18-17-21-14(15-16(22-17)20-8-19-15)13-6-5-12(25-13)11-4-3-10(24-11)9-2-1-7-23-9/h1-8H,(H3,18,19,20,21,22)/p+1. The summed E-state index contributed by atoms with van der Waals surface area (Å²) in [5.74, 6) is 0.268. The lowest BCUT2D eigenvalue weighted by Gasteiger charge is -1.96. The molecule has 0 bridgehead atoms. The van der Waals surface area contributed by atoms with Gasteiger partial charge in [0.15, 0.2) is 6.33 Å². The fourth-order valence-corrected chi connectivity index (χ4v) is 5.63. The molecule has 0 aliphatic carbocycles. The molecule has 0 radical (unpaired) electrons. The Labute approximate surface area is 154 Å². The maximum atomic E-state index is 5.85. The predicted octanol–water partition coefficient (Wildman–Crippen LogP) is 4.54. The number of nitrogens with one attached hydrogen (secondary N) is 2. The number of nitrogen functional groups attached to an aromatic ring is 1. The number of nitrogens with zero attached hydrogens (tertiary/aromatic N) is 2. The van der Waals surface area contributed by atoms with Crippen molar-refractivity contribution < 1.29 is 4.98 Å². The van der Waals surface area contributed by atoms with Crippen molar-refractivity contribution >= 4 is 51.1 Å². The van der Waals surface area contributed by atoms with E-state index in [1.54, 1.807) is 29.0 Å². The van der Waals surface area contributed by atoms with Gasteiger partial charge in [-0.3, -0.25) is 4.98 Å². The summed E-state index contributed by atoms with van der Waals surface area (Å²) >= 11 is 5.29. The molecule has 122 valence electrons. The first kappa shape index (κ1) is 14.8. The maximum Gasteiger partial charge on any atom is 0.305 e. The maximum absolute atomic E-state index is 5.85. The number of imidazole rings is 1. The fourth-order valence-electron chi connectivity index (χ4n) is 2.69. The molecule has 5 heterocycles. The van der Waals surface area contributed by atoms with Crippen LogP contribution in [0.2, 0.25) is 0 Å². The van der Waals surface area contributed by atoms with Gasteiger partial charge in [-0.25, -0.2) is 4.98 Å². The second kappa shape index (κ2) is 5.76. The molecule has 0 unspecified atom stereocenters. The van der Waals surface area contributed by atoms with E-state index < -0.39 is 0 Å². The highest BCUT2D eigenvalue weighted by molar-refractivity contribution is 7.27. The molecule has 5 nitrogen and oxygen atoms in total. The molecule has 25 heavy (non-hydrogen) atoms. The lowest BCUT2D eigenvalue weighted by molar-refractivity contribution is -0.347. The van der Waals surface area contributed by atoms with Crippen molar-refractivity contribution in [2.75, 3.05) is 5.73 Å². The minimum atomic E-state index is 0.268. The highest BCUT2D eigenvalue weighted by atomic mass is 32.1. The Morgan fingerprint density at radius 2 is 1.60 bits per heavy atom. The number of anilines is 1. The number of H-pyrrole nitrogens is 2. The third-order valence-corrected chi connectivity index (χ3v) is 7.24. The van der Waals surface area contributed by atoms with E-state index in [1.807, 2.05) is 11.3 Å². The van der Waals surface area contributed by atoms with Crippen LogP contribution in [0.1, 0.15) is 0 Å². The molecular weight excluding hydrogens is 370 g/mol. The number of thiophene rings is 3. The number of nitrogens with two attached hydrogens (primary N) is 1. The third kappa shape index (κ3) is 2.55. The van der Waals surface area contributed by atoms with Crippen LogP contribution < -0.4 is 10.7 Å². The fraction of sp³-hybridized carbons (Fsp3) is 0. The van der Waals surface area contributed by atoms with Crippen LogP contribution in [-0.4, -0.2) is 15.0 Å². The van der Waals surface area contributed by atoms with Crippen LogP contribution in [-0.2, 0) is 0 Å². The van der Waals surface area contributed by atoms with E-state index in [2.05, 4.69) is 61.7 Å². The number of rotatable bonds is 3. The van der Waals surface area contributed by atoms with Gasteiger partial charge in [-0.05, 0) is 35.7 Å². The predicted molar refractivity (Wildman–Crippen MR) is 105 cm³/mol. The molecule has 0 saturated carbocycles. The van der Waals surface area contributed by atoms with Gasteiger partial charge in [-0.2, -0.15) is 4.98 Å². The molecule has 0 spiro atoms. The normalized spacial score (nSPS) is 11.4. The van der Waals surface area contributed by atoms with Gasteiger partial charge in [-0.15, -0.1) is 34.0 Å². The van der Waals surface area contributed by atoms with Gasteiger partial charge in [0.1, 0.15) is 5.69 Å². The van der Waals surface area contributed by atoms with E-state index in [0.717, 1.165) is 16.1 Å². The number of hydrogen-bond acceptors (Lipinski definition) is 6.